The van der Waals surface area contributed by atoms with E-state index in [2.05, 4.69) is 18.7 Å². The molecule has 1 aliphatic carbocycles. The maximum absolute atomic E-state index is 5.79. The maximum Gasteiger partial charge on any atom is 0.0124 e. The third-order valence-corrected chi connectivity index (χ3v) is 5.23. The Bertz CT molecular complexity index is 249. The van der Waals surface area contributed by atoms with Crippen molar-refractivity contribution in [3.63, 3.8) is 0 Å². The molecule has 2 atom stereocenters. The molecule has 2 unspecified atom stereocenters. The summed E-state index contributed by atoms with van der Waals surface area (Å²) in [4.78, 5) is 2.79. The van der Waals surface area contributed by atoms with E-state index in [9.17, 15) is 0 Å². The largest absolute Gasteiger partial charge is 0.330 e. The summed E-state index contributed by atoms with van der Waals surface area (Å²) >= 11 is 0. The number of nitrogens with two attached hydrogens (primary N) is 1. The molecule has 0 aromatic carbocycles. The van der Waals surface area contributed by atoms with E-state index in [1.54, 1.807) is 0 Å². The van der Waals surface area contributed by atoms with E-state index >= 15 is 0 Å². The molecule has 0 radical (unpaired) electrons. The third kappa shape index (κ3) is 3.71. The van der Waals surface area contributed by atoms with Gasteiger partial charge in [0.1, 0.15) is 0 Å². The molecule has 2 rings (SSSR count). The normalized spacial score (nSPS) is 29.5. The molecule has 0 amide bonds. The molecule has 1 saturated heterocycles. The van der Waals surface area contributed by atoms with E-state index in [0.29, 0.717) is 5.41 Å². The molecule has 0 spiro atoms. The van der Waals surface area contributed by atoms with E-state index < -0.39 is 0 Å². The van der Waals surface area contributed by atoms with Crippen LogP contribution in [0.4, 0.5) is 0 Å². The molecule has 2 aliphatic rings. The topological polar surface area (TPSA) is 29.3 Å². The minimum atomic E-state index is 0.346. The van der Waals surface area contributed by atoms with Gasteiger partial charge in [0.2, 0.25) is 0 Å². The number of hydrogen-bond acceptors (Lipinski definition) is 2. The fourth-order valence-corrected chi connectivity index (χ4v) is 3.80. The highest BCUT2D eigenvalue weighted by Crippen LogP contribution is 2.36. The first kappa shape index (κ1) is 14.3. The lowest BCUT2D eigenvalue weighted by atomic mass is 9.85. The van der Waals surface area contributed by atoms with Gasteiger partial charge in [-0.15, -0.1) is 0 Å². The number of fused-ring (bicyclic) bond motifs is 1. The number of rotatable bonds is 6. The molecular formula is C16H32N2. The molecular weight excluding hydrogens is 220 g/mol. The highest BCUT2D eigenvalue weighted by molar-refractivity contribution is 4.89. The summed E-state index contributed by atoms with van der Waals surface area (Å²) in [5.41, 5.74) is 6.13. The van der Waals surface area contributed by atoms with Gasteiger partial charge in [0.05, 0.1) is 0 Å². The van der Waals surface area contributed by atoms with Crippen molar-refractivity contribution in [3.05, 3.63) is 0 Å². The van der Waals surface area contributed by atoms with E-state index in [1.165, 1.54) is 64.5 Å². The Balaban J connectivity index is 1.65. The summed E-state index contributed by atoms with van der Waals surface area (Å²) in [7, 11) is 0. The van der Waals surface area contributed by atoms with Gasteiger partial charge in [0.25, 0.3) is 0 Å². The van der Waals surface area contributed by atoms with Crippen molar-refractivity contribution >= 4 is 0 Å². The highest BCUT2D eigenvalue weighted by Gasteiger charge is 2.34. The molecule has 1 aliphatic heterocycles. The minimum Gasteiger partial charge on any atom is -0.330 e. The van der Waals surface area contributed by atoms with Crippen LogP contribution in [0, 0.1) is 11.3 Å². The second-order valence-corrected chi connectivity index (χ2v) is 7.26. The van der Waals surface area contributed by atoms with Crippen molar-refractivity contribution < 1.29 is 0 Å². The summed E-state index contributed by atoms with van der Waals surface area (Å²) in [6.45, 7) is 8.11. The van der Waals surface area contributed by atoms with Gasteiger partial charge < -0.3 is 10.6 Å². The lowest BCUT2D eigenvalue weighted by Crippen LogP contribution is -2.35. The number of unbranched alkanes of at least 4 members (excludes halogenated alkanes) is 1. The number of hydrogen-bond donors (Lipinski definition) is 1. The number of nitrogens with zero attached hydrogens (tertiary/aromatic N) is 1. The summed E-state index contributed by atoms with van der Waals surface area (Å²) in [6, 6.07) is 0.946. The van der Waals surface area contributed by atoms with Crippen LogP contribution in [0.2, 0.25) is 0 Å². The van der Waals surface area contributed by atoms with Gasteiger partial charge in [-0.3, -0.25) is 0 Å². The van der Waals surface area contributed by atoms with E-state index in [-0.39, 0.29) is 0 Å². The zero-order valence-corrected chi connectivity index (χ0v) is 12.5. The quantitative estimate of drug-likeness (QED) is 0.734. The van der Waals surface area contributed by atoms with Crippen LogP contribution in [0.3, 0.4) is 0 Å². The SMILES string of the molecule is CC(C)(CN)CCCCN1CCC2CCCCC21. The van der Waals surface area contributed by atoms with Crippen molar-refractivity contribution in [1.29, 1.82) is 0 Å². The van der Waals surface area contributed by atoms with Crippen molar-refractivity contribution in [2.45, 2.75) is 71.3 Å². The predicted octanol–water partition coefficient (Wildman–Crippen LogP) is 3.41. The van der Waals surface area contributed by atoms with Crippen molar-refractivity contribution in [3.8, 4) is 0 Å². The van der Waals surface area contributed by atoms with Crippen LogP contribution in [0.1, 0.15) is 65.2 Å². The molecule has 2 heteroatoms. The third-order valence-electron chi connectivity index (χ3n) is 5.23. The molecule has 106 valence electrons. The average molecular weight is 252 g/mol. The van der Waals surface area contributed by atoms with Crippen molar-refractivity contribution in [2.75, 3.05) is 19.6 Å². The summed E-state index contributed by atoms with van der Waals surface area (Å²) in [5.74, 6) is 1.04. The lowest BCUT2D eigenvalue weighted by Gasteiger charge is -2.32. The fourth-order valence-electron chi connectivity index (χ4n) is 3.80. The van der Waals surface area contributed by atoms with Crippen LogP contribution in [0.5, 0.6) is 0 Å². The van der Waals surface area contributed by atoms with Gasteiger partial charge in [-0.05, 0) is 63.1 Å². The smallest absolute Gasteiger partial charge is 0.0124 e. The van der Waals surface area contributed by atoms with Crippen LogP contribution in [-0.2, 0) is 0 Å². The van der Waals surface area contributed by atoms with E-state index in [0.717, 1.165) is 18.5 Å². The second-order valence-electron chi connectivity index (χ2n) is 7.26. The molecule has 2 nitrogen and oxygen atoms in total. The van der Waals surface area contributed by atoms with Gasteiger partial charge >= 0.3 is 0 Å². The molecule has 2 fully saturated rings. The molecule has 0 bridgehead atoms. The van der Waals surface area contributed by atoms with Gasteiger partial charge in [-0.1, -0.05) is 33.1 Å². The zero-order valence-electron chi connectivity index (χ0n) is 12.5. The Morgan fingerprint density at radius 1 is 1.11 bits per heavy atom. The summed E-state index contributed by atoms with van der Waals surface area (Å²) in [6.07, 6.45) is 11.4. The standard InChI is InChI=1S/C16H32N2/c1-16(2,13-17)10-5-6-11-18-12-9-14-7-3-4-8-15(14)18/h14-15H,3-13,17H2,1-2H3. The first-order chi connectivity index (χ1) is 8.62. The molecule has 0 aromatic heterocycles. The zero-order chi connectivity index (χ0) is 13.0. The van der Waals surface area contributed by atoms with Gasteiger partial charge in [0.15, 0.2) is 0 Å². The summed E-state index contributed by atoms with van der Waals surface area (Å²) < 4.78 is 0. The predicted molar refractivity (Wildman–Crippen MR) is 78.6 cm³/mol. The number of likely N-dealkylation sites (tertiary alicyclic amines) is 1. The molecule has 1 heterocycles. The molecule has 18 heavy (non-hydrogen) atoms. The second kappa shape index (κ2) is 6.38. The van der Waals surface area contributed by atoms with Crippen molar-refractivity contribution in [1.82, 2.24) is 4.90 Å². The van der Waals surface area contributed by atoms with Gasteiger partial charge in [0, 0.05) is 6.04 Å². The fraction of sp³-hybridized carbons (Fsp3) is 1.00. The van der Waals surface area contributed by atoms with Crippen molar-refractivity contribution in [2.24, 2.45) is 17.1 Å². The Morgan fingerprint density at radius 3 is 2.67 bits per heavy atom. The Kier molecular flexibility index (Phi) is 5.08. The van der Waals surface area contributed by atoms with Crippen LogP contribution in [-0.4, -0.2) is 30.6 Å². The summed E-state index contributed by atoms with van der Waals surface area (Å²) in [5, 5.41) is 0. The van der Waals surface area contributed by atoms with Crippen LogP contribution >= 0.6 is 0 Å². The van der Waals surface area contributed by atoms with Crippen LogP contribution in [0.15, 0.2) is 0 Å². The Morgan fingerprint density at radius 2 is 1.89 bits per heavy atom. The maximum atomic E-state index is 5.79. The van der Waals surface area contributed by atoms with Crippen LogP contribution < -0.4 is 5.73 Å². The van der Waals surface area contributed by atoms with Gasteiger partial charge in [-0.2, -0.15) is 0 Å². The molecule has 0 aromatic rings. The minimum absolute atomic E-state index is 0.346. The first-order valence-corrected chi connectivity index (χ1v) is 8.06. The molecule has 1 saturated carbocycles. The lowest BCUT2D eigenvalue weighted by molar-refractivity contribution is 0.177. The van der Waals surface area contributed by atoms with Gasteiger partial charge in [-0.25, -0.2) is 0 Å². The van der Waals surface area contributed by atoms with E-state index in [1.807, 2.05) is 0 Å². The molecule has 2 N–H and O–H groups in total. The monoisotopic (exact) mass is 252 g/mol. The first-order valence-electron chi connectivity index (χ1n) is 8.06. The highest BCUT2D eigenvalue weighted by atomic mass is 15.2. The van der Waals surface area contributed by atoms with E-state index in [4.69, 9.17) is 5.73 Å². The average Bonchev–Trinajstić information content (AvgIpc) is 2.78. The Labute approximate surface area is 113 Å². The van der Waals surface area contributed by atoms with Crippen LogP contribution in [0.25, 0.3) is 0 Å². The Hall–Kier alpha value is -0.0800.